The topological polar surface area (TPSA) is 78.8 Å². The lowest BCUT2D eigenvalue weighted by atomic mass is 9.42. The van der Waals surface area contributed by atoms with E-state index in [4.69, 9.17) is 12.6 Å². The predicted octanol–water partition coefficient (Wildman–Crippen LogP) is 0.356. The molecule has 0 aliphatic carbocycles. The normalized spacial score (nSPS) is 37.5. The maximum absolute atomic E-state index is 12.3. The Balaban J connectivity index is 2.54. The Bertz CT molecular complexity index is 438. The Hall–Kier alpha value is -0.585. The van der Waals surface area contributed by atoms with Crippen LogP contribution in [0.3, 0.4) is 0 Å². The van der Waals surface area contributed by atoms with Crippen molar-refractivity contribution in [2.75, 3.05) is 13.2 Å². The molecule has 1 spiro atoms. The molecular weight excluding hydrogens is 257 g/mol. The average molecular weight is 281 g/mol. The van der Waals surface area contributed by atoms with E-state index in [1.165, 1.54) is 0 Å². The van der Waals surface area contributed by atoms with Crippen LogP contribution in [0.25, 0.3) is 0 Å². The van der Waals surface area contributed by atoms with Crippen molar-refractivity contribution in [3.8, 4) is 0 Å². The van der Waals surface area contributed by atoms with Gasteiger partial charge in [-0.3, -0.25) is 4.79 Å². The molecule has 2 aliphatic rings. The van der Waals surface area contributed by atoms with E-state index in [-0.39, 0.29) is 13.2 Å². The summed E-state index contributed by atoms with van der Waals surface area (Å²) in [6.07, 6.45) is 0.398. The summed E-state index contributed by atoms with van der Waals surface area (Å²) in [5, 5.41) is 22.6. The van der Waals surface area contributed by atoms with Gasteiger partial charge in [0.2, 0.25) is 5.79 Å². The summed E-state index contributed by atoms with van der Waals surface area (Å²) < 4.78 is 5.25. The van der Waals surface area contributed by atoms with E-state index in [1.54, 1.807) is 13.8 Å². The first-order valence-corrected chi connectivity index (χ1v) is 6.93. The van der Waals surface area contributed by atoms with Crippen LogP contribution in [-0.2, 0) is 9.53 Å². The van der Waals surface area contributed by atoms with Gasteiger partial charge in [0, 0.05) is 5.41 Å². The van der Waals surface area contributed by atoms with Gasteiger partial charge in [-0.2, -0.15) is 0 Å². The SMILES string of the molecule is [B]C1(C)C(C)(C)CC(C)(C)C(O)(O)C(=O)NC12COC2. The highest BCUT2D eigenvalue weighted by Crippen LogP contribution is 2.60. The van der Waals surface area contributed by atoms with Gasteiger partial charge >= 0.3 is 0 Å². The third kappa shape index (κ3) is 1.78. The quantitative estimate of drug-likeness (QED) is 0.442. The minimum atomic E-state index is -2.44. The van der Waals surface area contributed by atoms with Gasteiger partial charge in [-0.25, -0.2) is 0 Å². The summed E-state index contributed by atoms with van der Waals surface area (Å²) in [4.78, 5) is 12.3. The van der Waals surface area contributed by atoms with Crippen LogP contribution in [0.1, 0.15) is 41.0 Å². The summed E-state index contributed by atoms with van der Waals surface area (Å²) in [6.45, 7) is 9.77. The number of carbonyl (C=O) groups excluding carboxylic acids is 1. The highest BCUT2D eigenvalue weighted by atomic mass is 16.5. The molecule has 0 aromatic carbocycles. The second-order valence-corrected chi connectivity index (χ2v) is 7.85. The molecule has 3 N–H and O–H groups in total. The van der Waals surface area contributed by atoms with Crippen LogP contribution >= 0.6 is 0 Å². The molecule has 0 aromatic rings. The van der Waals surface area contributed by atoms with Crippen LogP contribution in [-0.4, -0.2) is 48.5 Å². The first-order chi connectivity index (χ1) is 8.79. The van der Waals surface area contributed by atoms with Gasteiger partial charge in [-0.1, -0.05) is 34.6 Å². The summed E-state index contributed by atoms with van der Waals surface area (Å²) in [5.74, 6) is -3.25. The zero-order valence-electron chi connectivity index (χ0n) is 12.9. The summed E-state index contributed by atoms with van der Waals surface area (Å²) in [7, 11) is 6.58. The zero-order chi connectivity index (χ0) is 15.6. The Labute approximate surface area is 121 Å². The smallest absolute Gasteiger partial charge is 0.281 e. The molecule has 112 valence electrons. The minimum Gasteiger partial charge on any atom is -0.376 e. The Kier molecular flexibility index (Phi) is 3.15. The summed E-state index contributed by atoms with van der Waals surface area (Å²) in [5.41, 5.74) is -2.21. The molecule has 2 saturated heterocycles. The van der Waals surface area contributed by atoms with Crippen molar-refractivity contribution < 1.29 is 19.7 Å². The van der Waals surface area contributed by atoms with Crippen LogP contribution in [0, 0.1) is 10.8 Å². The van der Waals surface area contributed by atoms with Crippen molar-refractivity contribution in [2.45, 2.75) is 57.7 Å². The number of nitrogens with one attached hydrogen (secondary N) is 1. The van der Waals surface area contributed by atoms with E-state index < -0.39 is 33.4 Å². The molecule has 6 heteroatoms. The van der Waals surface area contributed by atoms with Crippen molar-refractivity contribution in [1.82, 2.24) is 5.32 Å². The fraction of sp³-hybridized carbons (Fsp3) is 0.929. The number of ether oxygens (including phenoxy) is 1. The molecule has 2 fully saturated rings. The van der Waals surface area contributed by atoms with Gasteiger partial charge in [0.15, 0.2) is 0 Å². The van der Waals surface area contributed by atoms with Crippen LogP contribution in [0.5, 0.6) is 0 Å². The second kappa shape index (κ2) is 3.99. The van der Waals surface area contributed by atoms with Crippen molar-refractivity contribution in [3.63, 3.8) is 0 Å². The molecule has 0 bridgehead atoms. The Morgan fingerprint density at radius 2 is 1.60 bits per heavy atom. The van der Waals surface area contributed by atoms with Crippen molar-refractivity contribution in [2.24, 2.45) is 10.8 Å². The summed E-state index contributed by atoms with van der Waals surface area (Å²) >= 11 is 0. The molecular formula is C14H24BNO4. The molecule has 5 nitrogen and oxygen atoms in total. The average Bonchev–Trinajstić information content (AvgIpc) is 2.19. The number of carbonyl (C=O) groups is 1. The highest BCUT2D eigenvalue weighted by Gasteiger charge is 2.64. The zero-order valence-corrected chi connectivity index (χ0v) is 12.9. The maximum Gasteiger partial charge on any atom is 0.281 e. The van der Waals surface area contributed by atoms with Crippen molar-refractivity contribution in [1.29, 1.82) is 0 Å². The van der Waals surface area contributed by atoms with Crippen LogP contribution in [0.2, 0.25) is 5.31 Å². The van der Waals surface area contributed by atoms with Gasteiger partial charge in [-0.05, 0) is 17.2 Å². The fourth-order valence-corrected chi connectivity index (χ4v) is 3.48. The lowest BCUT2D eigenvalue weighted by Crippen LogP contribution is -2.76. The molecule has 1 amide bonds. The number of hydrogen-bond acceptors (Lipinski definition) is 4. The molecule has 0 saturated carbocycles. The standard InChI is InChI=1S/C14H24BNO4/c1-10(2)6-11(3,4)14(18,19)9(17)16-13(7-20-8-13)12(10,5)15/h18-19H,6-8H2,1-5H3,(H,16,17). The Morgan fingerprint density at radius 3 is 2.00 bits per heavy atom. The summed E-state index contributed by atoms with van der Waals surface area (Å²) in [6, 6.07) is 0. The monoisotopic (exact) mass is 281 g/mol. The van der Waals surface area contributed by atoms with Crippen molar-refractivity contribution in [3.05, 3.63) is 0 Å². The molecule has 2 radical (unpaired) electrons. The first kappa shape index (κ1) is 15.8. The van der Waals surface area contributed by atoms with E-state index in [2.05, 4.69) is 5.32 Å². The number of hydrogen-bond donors (Lipinski definition) is 3. The van der Waals surface area contributed by atoms with Crippen LogP contribution in [0.15, 0.2) is 0 Å². The fourth-order valence-electron chi connectivity index (χ4n) is 3.48. The number of aliphatic hydroxyl groups is 2. The first-order valence-electron chi connectivity index (χ1n) is 6.93. The van der Waals surface area contributed by atoms with Gasteiger partial charge in [0.05, 0.1) is 26.6 Å². The largest absolute Gasteiger partial charge is 0.376 e. The molecule has 1 atom stereocenters. The number of rotatable bonds is 0. The second-order valence-electron chi connectivity index (χ2n) is 7.85. The Morgan fingerprint density at radius 1 is 1.10 bits per heavy atom. The molecule has 2 aliphatic heterocycles. The van der Waals surface area contributed by atoms with E-state index in [0.717, 1.165) is 0 Å². The van der Waals surface area contributed by atoms with Crippen LogP contribution in [0.4, 0.5) is 0 Å². The lowest BCUT2D eigenvalue weighted by molar-refractivity contribution is -0.249. The maximum atomic E-state index is 12.3. The van der Waals surface area contributed by atoms with Gasteiger partial charge < -0.3 is 20.3 Å². The molecule has 0 aromatic heterocycles. The van der Waals surface area contributed by atoms with Crippen molar-refractivity contribution >= 4 is 13.8 Å². The van der Waals surface area contributed by atoms with Crippen LogP contribution < -0.4 is 5.32 Å². The molecule has 20 heavy (non-hydrogen) atoms. The van der Waals surface area contributed by atoms with E-state index in [9.17, 15) is 15.0 Å². The molecule has 2 heterocycles. The predicted molar refractivity (Wildman–Crippen MR) is 75.2 cm³/mol. The van der Waals surface area contributed by atoms with Gasteiger partial charge in [0.25, 0.3) is 5.91 Å². The van der Waals surface area contributed by atoms with E-state index in [1.807, 2.05) is 20.8 Å². The molecule has 1 unspecified atom stereocenters. The van der Waals surface area contributed by atoms with E-state index in [0.29, 0.717) is 6.42 Å². The third-order valence-corrected chi connectivity index (χ3v) is 5.59. The van der Waals surface area contributed by atoms with Gasteiger partial charge in [-0.15, -0.1) is 0 Å². The minimum absolute atomic E-state index is 0.283. The number of amides is 1. The lowest BCUT2D eigenvalue weighted by Gasteiger charge is -2.63. The highest BCUT2D eigenvalue weighted by molar-refractivity contribution is 6.17. The third-order valence-electron chi connectivity index (χ3n) is 5.59. The van der Waals surface area contributed by atoms with Gasteiger partial charge in [0.1, 0.15) is 0 Å². The molecule has 2 rings (SSSR count). The van der Waals surface area contributed by atoms with E-state index >= 15 is 0 Å².